The van der Waals surface area contributed by atoms with E-state index < -0.39 is 44.5 Å². The van der Waals surface area contributed by atoms with Crippen LogP contribution in [0.25, 0.3) is 11.2 Å². The van der Waals surface area contributed by atoms with Gasteiger partial charge in [-0.2, -0.15) is 0 Å². The fraction of sp³-hybridized carbons (Fsp3) is 0.400. The van der Waals surface area contributed by atoms with Crippen LogP contribution in [-0.4, -0.2) is 55.6 Å². The number of hydrogen-bond donors (Lipinski definition) is 2. The zero-order chi connectivity index (χ0) is 30.6. The van der Waals surface area contributed by atoms with Crippen LogP contribution in [0.3, 0.4) is 0 Å². The summed E-state index contributed by atoms with van der Waals surface area (Å²) in [5.74, 6) is -0.488. The molecule has 1 aliphatic rings. The van der Waals surface area contributed by atoms with Crippen LogP contribution >= 0.6 is 7.60 Å². The zero-order valence-electron chi connectivity index (χ0n) is 24.3. The van der Waals surface area contributed by atoms with E-state index in [1.807, 2.05) is 44.2 Å². The molecule has 0 saturated carbocycles. The third-order valence-electron chi connectivity index (χ3n) is 7.27. The molecule has 2 aromatic carbocycles. The number of nitrogen functional groups attached to an aromatic ring is 1. The van der Waals surface area contributed by atoms with Gasteiger partial charge in [0.2, 0.25) is 0 Å². The van der Waals surface area contributed by atoms with Gasteiger partial charge in [-0.3, -0.25) is 13.9 Å². The van der Waals surface area contributed by atoms with Crippen molar-refractivity contribution in [2.75, 3.05) is 18.5 Å². The number of anilines is 1. The van der Waals surface area contributed by atoms with Crippen molar-refractivity contribution in [2.24, 2.45) is 11.8 Å². The summed E-state index contributed by atoms with van der Waals surface area (Å²) in [7, 11) is -4.03. The molecule has 1 saturated heterocycles. The van der Waals surface area contributed by atoms with Crippen molar-refractivity contribution in [1.29, 1.82) is 0 Å². The number of fused-ring (bicyclic) bond motifs is 1. The topological polar surface area (TPSA) is 161 Å². The Morgan fingerprint density at radius 2 is 1.84 bits per heavy atom. The number of esters is 1. The van der Waals surface area contributed by atoms with Gasteiger partial charge in [0.25, 0.3) is 0 Å². The molecule has 3 heterocycles. The average molecular weight is 610 g/mol. The third kappa shape index (κ3) is 7.22. The number of aromatic nitrogens is 4. The number of carbonyl (C=O) groups excluding carboxylic acids is 1. The Morgan fingerprint density at radius 1 is 1.14 bits per heavy atom. The summed E-state index contributed by atoms with van der Waals surface area (Å²) < 4.78 is 40.2. The highest BCUT2D eigenvalue weighted by atomic mass is 31.2. The van der Waals surface area contributed by atoms with E-state index in [2.05, 4.69) is 15.0 Å². The second-order valence-corrected chi connectivity index (χ2v) is 12.8. The lowest BCUT2D eigenvalue weighted by atomic mass is 9.98. The Balaban J connectivity index is 1.39. The number of aryl methyl sites for hydroxylation is 1. The number of imidazole rings is 1. The minimum Gasteiger partial charge on any atom is -0.461 e. The van der Waals surface area contributed by atoms with Crippen LogP contribution in [0.1, 0.15) is 37.9 Å². The summed E-state index contributed by atoms with van der Waals surface area (Å²) in [5, 5.41) is 10.2. The van der Waals surface area contributed by atoms with Crippen LogP contribution in [0.2, 0.25) is 0 Å². The first-order valence-electron chi connectivity index (χ1n) is 14.1. The smallest absolute Gasteiger partial charge is 0.380 e. The number of ether oxygens (including phenoxy) is 2. The quantitative estimate of drug-likeness (QED) is 0.170. The minimum atomic E-state index is -4.03. The standard InChI is InChI=1S/C30H36N5O7P/c1-19(2)23(30(37)39-16-21-10-6-4-7-11-21)17-43(38,41-22-12-8-5-9-13-22)42-24-14-26(40-25(24)15-36)35-18-32-27-28(31)33-20(3)34-29(27)35/h4-13,18-19,23-26,36H,14-17H2,1-3H3,(H2,31,33,34)/t23-,24+,25+,26+,43?/m0/s1. The van der Waals surface area contributed by atoms with E-state index in [9.17, 15) is 14.5 Å². The molecule has 2 aromatic heterocycles. The predicted molar refractivity (Wildman–Crippen MR) is 159 cm³/mol. The van der Waals surface area contributed by atoms with Gasteiger partial charge in [-0.15, -0.1) is 0 Å². The molecule has 228 valence electrons. The number of carbonyl (C=O) groups is 1. The first-order valence-corrected chi connectivity index (χ1v) is 15.8. The number of aliphatic hydroxyl groups is 1. The molecule has 1 fully saturated rings. The van der Waals surface area contributed by atoms with Crippen LogP contribution < -0.4 is 10.3 Å². The summed E-state index contributed by atoms with van der Waals surface area (Å²) in [6, 6.07) is 18.0. The monoisotopic (exact) mass is 609 g/mol. The number of hydrogen-bond acceptors (Lipinski definition) is 11. The Bertz CT molecular complexity index is 1580. The van der Waals surface area contributed by atoms with Crippen molar-refractivity contribution in [3.8, 4) is 5.75 Å². The van der Waals surface area contributed by atoms with E-state index in [0.717, 1.165) is 5.56 Å². The van der Waals surface area contributed by atoms with Crippen LogP contribution in [0.15, 0.2) is 67.0 Å². The van der Waals surface area contributed by atoms with Crippen molar-refractivity contribution >= 4 is 30.5 Å². The van der Waals surface area contributed by atoms with E-state index in [4.69, 9.17) is 24.3 Å². The molecule has 13 heteroatoms. The molecular weight excluding hydrogens is 573 g/mol. The van der Waals surface area contributed by atoms with Crippen molar-refractivity contribution in [3.63, 3.8) is 0 Å². The first kappa shape index (κ1) is 30.6. The maximum absolute atomic E-state index is 14.5. The van der Waals surface area contributed by atoms with Crippen molar-refractivity contribution in [1.82, 2.24) is 19.5 Å². The molecule has 3 N–H and O–H groups in total. The zero-order valence-corrected chi connectivity index (χ0v) is 25.2. The number of rotatable bonds is 12. The summed E-state index contributed by atoms with van der Waals surface area (Å²) in [5.41, 5.74) is 7.76. The largest absolute Gasteiger partial charge is 0.461 e. The van der Waals surface area contributed by atoms with Crippen molar-refractivity contribution in [2.45, 2.75) is 52.2 Å². The Kier molecular flexibility index (Phi) is 9.41. The fourth-order valence-electron chi connectivity index (χ4n) is 4.99. The molecule has 1 unspecified atom stereocenters. The minimum absolute atomic E-state index is 0.0880. The molecule has 4 aromatic rings. The fourth-order valence-corrected chi connectivity index (χ4v) is 7.33. The number of para-hydroxylation sites is 1. The molecule has 5 rings (SSSR count). The average Bonchev–Trinajstić information content (AvgIpc) is 3.59. The van der Waals surface area contributed by atoms with Gasteiger partial charge in [-0.25, -0.2) is 19.5 Å². The second kappa shape index (κ2) is 13.2. The molecule has 5 atom stereocenters. The maximum Gasteiger partial charge on any atom is 0.380 e. The highest BCUT2D eigenvalue weighted by Crippen LogP contribution is 2.54. The predicted octanol–water partition coefficient (Wildman–Crippen LogP) is 4.67. The Hall–Kier alpha value is -3.83. The molecule has 0 radical (unpaired) electrons. The summed E-state index contributed by atoms with van der Waals surface area (Å²) in [6.45, 7) is 5.11. The Morgan fingerprint density at radius 3 is 2.51 bits per heavy atom. The van der Waals surface area contributed by atoms with Gasteiger partial charge in [-0.05, 0) is 30.5 Å². The molecular formula is C30H36N5O7P. The van der Waals surface area contributed by atoms with E-state index in [0.29, 0.717) is 22.7 Å². The van der Waals surface area contributed by atoms with Gasteiger partial charge in [0.05, 0.1) is 25.0 Å². The lowest BCUT2D eigenvalue weighted by molar-refractivity contribution is -0.150. The van der Waals surface area contributed by atoms with Crippen LogP contribution in [0.5, 0.6) is 5.75 Å². The van der Waals surface area contributed by atoms with E-state index in [-0.39, 0.29) is 30.9 Å². The van der Waals surface area contributed by atoms with Gasteiger partial charge < -0.3 is 24.8 Å². The van der Waals surface area contributed by atoms with Crippen LogP contribution in [0, 0.1) is 18.8 Å². The highest BCUT2D eigenvalue weighted by molar-refractivity contribution is 7.54. The van der Waals surface area contributed by atoms with Gasteiger partial charge in [0, 0.05) is 6.42 Å². The normalized spacial score (nSPS) is 20.6. The second-order valence-electron chi connectivity index (χ2n) is 10.8. The summed E-state index contributed by atoms with van der Waals surface area (Å²) >= 11 is 0. The number of nitrogens with zero attached hydrogens (tertiary/aromatic N) is 4. The van der Waals surface area contributed by atoms with Gasteiger partial charge >= 0.3 is 13.6 Å². The lowest BCUT2D eigenvalue weighted by Crippen LogP contribution is -2.31. The molecule has 0 aliphatic carbocycles. The number of nitrogens with two attached hydrogens (primary N) is 1. The van der Waals surface area contributed by atoms with E-state index in [1.165, 1.54) is 6.33 Å². The third-order valence-corrected chi connectivity index (χ3v) is 9.19. The van der Waals surface area contributed by atoms with Crippen molar-refractivity contribution in [3.05, 3.63) is 78.4 Å². The first-order chi connectivity index (χ1) is 20.7. The number of benzene rings is 2. The van der Waals surface area contributed by atoms with E-state index in [1.54, 1.807) is 41.8 Å². The Labute approximate surface area is 249 Å². The molecule has 0 spiro atoms. The molecule has 0 amide bonds. The number of aliphatic hydroxyl groups excluding tert-OH is 1. The molecule has 43 heavy (non-hydrogen) atoms. The lowest BCUT2D eigenvalue weighted by Gasteiger charge is -2.28. The van der Waals surface area contributed by atoms with Gasteiger partial charge in [0.15, 0.2) is 11.5 Å². The molecule has 0 bridgehead atoms. The maximum atomic E-state index is 14.5. The van der Waals surface area contributed by atoms with Gasteiger partial charge in [0.1, 0.15) is 42.1 Å². The highest BCUT2D eigenvalue weighted by Gasteiger charge is 2.45. The molecule has 12 nitrogen and oxygen atoms in total. The summed E-state index contributed by atoms with van der Waals surface area (Å²) in [4.78, 5) is 26.2. The SMILES string of the molecule is Cc1nc(N)c2ncn([C@H]3C[C@@H](OP(=O)(C[C@H](C(=O)OCc4ccccc4)C(C)C)Oc4ccccc4)[C@@H](CO)O3)c2n1. The van der Waals surface area contributed by atoms with E-state index >= 15 is 0 Å². The van der Waals surface area contributed by atoms with Crippen molar-refractivity contribution < 1.29 is 33.0 Å². The van der Waals surface area contributed by atoms with Gasteiger partial charge in [-0.1, -0.05) is 62.4 Å². The van der Waals surface area contributed by atoms with Crippen LogP contribution in [0.4, 0.5) is 5.82 Å². The summed E-state index contributed by atoms with van der Waals surface area (Å²) in [6.07, 6.45) is -0.819. The molecule has 1 aliphatic heterocycles. The van der Waals surface area contributed by atoms with Crippen LogP contribution in [-0.2, 0) is 30.0 Å².